The van der Waals surface area contributed by atoms with Crippen LogP contribution in [0.5, 0.6) is 5.88 Å². The Labute approximate surface area is 231 Å². The monoisotopic (exact) mass is 537 g/mol. The van der Waals surface area contributed by atoms with E-state index in [1.165, 1.54) is 13.2 Å². The Hall–Kier alpha value is -4.51. The minimum Gasteiger partial charge on any atom is -0.482 e. The van der Waals surface area contributed by atoms with Crippen molar-refractivity contribution in [1.82, 2.24) is 9.55 Å². The molecule has 2 saturated carbocycles. The number of methoxy groups -OCH3 is 1. The number of carbonyl (C=O) groups excluding carboxylic acids is 1. The molecule has 0 atom stereocenters. The Balaban J connectivity index is 1.20. The summed E-state index contributed by atoms with van der Waals surface area (Å²) in [5.74, 6) is -0.716. The number of Topliss-reactive ketones (excluding diaryl/α,β-unsaturated/α-hetero) is 1. The van der Waals surface area contributed by atoms with Crippen LogP contribution in [0.3, 0.4) is 0 Å². The van der Waals surface area contributed by atoms with Crippen LogP contribution < -0.4 is 4.74 Å². The van der Waals surface area contributed by atoms with Gasteiger partial charge in [-0.15, -0.1) is 0 Å². The van der Waals surface area contributed by atoms with Crippen molar-refractivity contribution in [3.8, 4) is 17.1 Å². The number of hydrogen-bond donors (Lipinski definition) is 1. The van der Waals surface area contributed by atoms with Gasteiger partial charge < -0.3 is 14.4 Å². The molecule has 1 spiro atoms. The Morgan fingerprint density at radius 1 is 1.12 bits per heavy atom. The highest BCUT2D eigenvalue weighted by atomic mass is 19.1. The molecule has 0 aliphatic heterocycles. The zero-order valence-electron chi connectivity index (χ0n) is 22.1. The van der Waals surface area contributed by atoms with Gasteiger partial charge in [-0.1, -0.05) is 24.3 Å². The van der Waals surface area contributed by atoms with Crippen molar-refractivity contribution in [1.29, 1.82) is 0 Å². The zero-order valence-corrected chi connectivity index (χ0v) is 22.1. The van der Waals surface area contributed by atoms with E-state index in [4.69, 9.17) is 11.3 Å². The highest BCUT2D eigenvalue weighted by Crippen LogP contribution is 2.62. The number of nitrogens with zero attached hydrogens (tertiary/aromatic N) is 3. The fourth-order valence-electron chi connectivity index (χ4n) is 6.61. The first-order valence-electron chi connectivity index (χ1n) is 13.3. The molecule has 2 heterocycles. The first kappa shape index (κ1) is 25.8. The average Bonchev–Trinajstić information content (AvgIpc) is 3.33. The molecular formula is C32H28FN3O4. The molecule has 40 heavy (non-hydrogen) atoms. The summed E-state index contributed by atoms with van der Waals surface area (Å²) in [4.78, 5) is 32.5. The third kappa shape index (κ3) is 4.62. The van der Waals surface area contributed by atoms with Crippen LogP contribution in [0.25, 0.3) is 27.0 Å². The number of carboxylic acid groups (broad SMARTS) is 1. The van der Waals surface area contributed by atoms with Gasteiger partial charge in [-0.05, 0) is 72.4 Å². The van der Waals surface area contributed by atoms with E-state index in [-0.39, 0.29) is 28.9 Å². The zero-order chi connectivity index (χ0) is 28.0. The average molecular weight is 538 g/mol. The molecule has 0 bridgehead atoms. The number of aromatic nitrogens is 2. The lowest BCUT2D eigenvalue weighted by molar-refractivity contribution is -0.157. The highest BCUT2D eigenvalue weighted by Gasteiger charge is 2.54. The molecule has 1 N–H and O–H groups in total. The summed E-state index contributed by atoms with van der Waals surface area (Å²) in [5.41, 5.74) is 4.10. The number of ketones is 1. The minimum absolute atomic E-state index is 0.00559. The van der Waals surface area contributed by atoms with E-state index in [9.17, 15) is 19.1 Å². The van der Waals surface area contributed by atoms with Crippen LogP contribution in [0.1, 0.15) is 48.0 Å². The van der Waals surface area contributed by atoms with Crippen LogP contribution >= 0.6 is 0 Å². The van der Waals surface area contributed by atoms with Gasteiger partial charge in [0, 0.05) is 36.2 Å². The van der Waals surface area contributed by atoms with E-state index in [0.717, 1.165) is 24.0 Å². The van der Waals surface area contributed by atoms with Gasteiger partial charge in [0.2, 0.25) is 5.88 Å². The SMILES string of the molecule is [C-]#[N+]c1cc(OC)nc(-c2ccc(Cn3ccc4c(F)ccc(C(=O)CC5CC6(C5)CC(C(=O)O)C6)c43)cc2)c1. The Morgan fingerprint density at radius 3 is 2.55 bits per heavy atom. The first-order chi connectivity index (χ1) is 19.3. The van der Waals surface area contributed by atoms with Crippen molar-refractivity contribution in [2.75, 3.05) is 7.11 Å². The van der Waals surface area contributed by atoms with Gasteiger partial charge in [0.05, 0.1) is 30.8 Å². The summed E-state index contributed by atoms with van der Waals surface area (Å²) in [6.45, 7) is 7.77. The fourth-order valence-corrected chi connectivity index (χ4v) is 6.61. The highest BCUT2D eigenvalue weighted by molar-refractivity contribution is 6.07. The number of benzene rings is 2. The second-order valence-electron chi connectivity index (χ2n) is 11.2. The maximum Gasteiger partial charge on any atom is 0.306 e. The van der Waals surface area contributed by atoms with Crippen LogP contribution in [0, 0.1) is 29.6 Å². The molecule has 2 aliphatic rings. The summed E-state index contributed by atoms with van der Waals surface area (Å²) >= 11 is 0. The summed E-state index contributed by atoms with van der Waals surface area (Å²) in [6.07, 6.45) is 5.40. The van der Waals surface area contributed by atoms with E-state index in [0.29, 0.717) is 59.5 Å². The van der Waals surface area contributed by atoms with Crippen molar-refractivity contribution in [2.24, 2.45) is 17.3 Å². The summed E-state index contributed by atoms with van der Waals surface area (Å²) in [7, 11) is 1.51. The van der Waals surface area contributed by atoms with E-state index >= 15 is 0 Å². The van der Waals surface area contributed by atoms with Crippen molar-refractivity contribution in [3.05, 3.63) is 89.2 Å². The van der Waals surface area contributed by atoms with Crippen LogP contribution in [-0.2, 0) is 11.3 Å². The van der Waals surface area contributed by atoms with Crippen LogP contribution in [0.2, 0.25) is 0 Å². The van der Waals surface area contributed by atoms with Gasteiger partial charge in [-0.3, -0.25) is 9.59 Å². The molecule has 2 aliphatic carbocycles. The van der Waals surface area contributed by atoms with E-state index < -0.39 is 5.97 Å². The van der Waals surface area contributed by atoms with Crippen molar-refractivity contribution in [3.63, 3.8) is 0 Å². The normalized spacial score (nSPS) is 21.4. The van der Waals surface area contributed by atoms with Crippen molar-refractivity contribution < 1.29 is 23.8 Å². The number of carbonyl (C=O) groups is 2. The Kier molecular flexibility index (Phi) is 6.38. The lowest BCUT2D eigenvalue weighted by atomic mass is 9.47. The lowest BCUT2D eigenvalue weighted by Crippen LogP contribution is -2.50. The van der Waals surface area contributed by atoms with Gasteiger partial charge in [0.25, 0.3) is 0 Å². The maximum absolute atomic E-state index is 14.7. The third-order valence-corrected chi connectivity index (χ3v) is 8.53. The molecule has 0 radical (unpaired) electrons. The molecule has 0 unspecified atom stereocenters. The Bertz CT molecular complexity index is 1670. The van der Waals surface area contributed by atoms with E-state index in [1.54, 1.807) is 24.3 Å². The molecule has 6 rings (SSSR count). The van der Waals surface area contributed by atoms with Gasteiger partial charge in [0.1, 0.15) is 5.82 Å². The molecular weight excluding hydrogens is 509 g/mol. The molecule has 8 heteroatoms. The van der Waals surface area contributed by atoms with Crippen LogP contribution in [0.4, 0.5) is 10.1 Å². The molecule has 0 amide bonds. The predicted octanol–water partition coefficient (Wildman–Crippen LogP) is 6.91. The number of hydrogen-bond acceptors (Lipinski definition) is 4. The molecule has 0 saturated heterocycles. The number of fused-ring (bicyclic) bond motifs is 1. The smallest absolute Gasteiger partial charge is 0.306 e. The van der Waals surface area contributed by atoms with E-state index in [1.807, 2.05) is 35.0 Å². The maximum atomic E-state index is 14.7. The topological polar surface area (TPSA) is 85.8 Å². The number of ether oxygens (including phenoxy) is 1. The summed E-state index contributed by atoms with van der Waals surface area (Å²) in [6, 6.07) is 15.7. The van der Waals surface area contributed by atoms with Crippen LogP contribution in [0.15, 0.2) is 60.8 Å². The number of pyridine rings is 1. The fraction of sp³-hybridized carbons (Fsp3) is 0.312. The molecule has 4 aromatic rings. The van der Waals surface area contributed by atoms with Crippen LogP contribution in [-0.4, -0.2) is 33.5 Å². The van der Waals surface area contributed by atoms with Gasteiger partial charge in [-0.25, -0.2) is 14.2 Å². The number of carboxylic acids is 1. The lowest BCUT2D eigenvalue weighted by Gasteiger charge is -2.56. The van der Waals surface area contributed by atoms with E-state index in [2.05, 4.69) is 9.83 Å². The summed E-state index contributed by atoms with van der Waals surface area (Å²) in [5, 5.41) is 9.60. The molecule has 202 valence electrons. The van der Waals surface area contributed by atoms with Crippen molar-refractivity contribution >= 4 is 28.3 Å². The number of aliphatic carboxylic acids is 1. The van der Waals surface area contributed by atoms with Gasteiger partial charge in [0.15, 0.2) is 11.5 Å². The minimum atomic E-state index is -0.722. The molecule has 2 fully saturated rings. The molecule has 2 aromatic heterocycles. The quantitative estimate of drug-likeness (QED) is 0.195. The standard InChI is InChI=1S/C32H28FN3O4/c1-34-23-12-27(35-29(13-23)40-2)21-5-3-19(4-6-21)18-36-10-9-24-26(33)8-7-25(30(24)36)28(37)11-20-14-32(15-20)16-22(17-32)31(38)39/h3-10,12-13,20,22H,11,14-18H2,2H3,(H,38,39). The first-order valence-corrected chi connectivity index (χ1v) is 13.3. The molecule has 7 nitrogen and oxygen atoms in total. The third-order valence-electron chi connectivity index (χ3n) is 8.53. The predicted molar refractivity (Wildman–Crippen MR) is 148 cm³/mol. The van der Waals surface area contributed by atoms with Gasteiger partial charge >= 0.3 is 5.97 Å². The largest absolute Gasteiger partial charge is 0.482 e. The molecule has 2 aromatic carbocycles. The second kappa shape index (κ2) is 9.91. The van der Waals surface area contributed by atoms with Gasteiger partial charge in [-0.2, -0.15) is 0 Å². The van der Waals surface area contributed by atoms with Crippen molar-refractivity contribution in [2.45, 2.75) is 38.6 Å². The Morgan fingerprint density at radius 2 is 1.88 bits per heavy atom. The number of rotatable bonds is 8. The second-order valence-corrected chi connectivity index (χ2v) is 11.2. The summed E-state index contributed by atoms with van der Waals surface area (Å²) < 4.78 is 21.9. The number of halogens is 1.